The Kier molecular flexibility index (Phi) is 7.11. The maximum absolute atomic E-state index is 11.9. The van der Waals surface area contributed by atoms with E-state index < -0.39 is 14.3 Å². The molecule has 4 aliphatic carbocycles. The number of carboxylic acids is 1. The number of aliphatic carboxylic acids is 1. The molecule has 0 aromatic rings. The molecule has 4 rings (SSSR count). The van der Waals surface area contributed by atoms with Crippen LogP contribution in [0.2, 0.25) is 19.6 Å². The Morgan fingerprint density at radius 3 is 1.53 bits per heavy atom. The predicted molar refractivity (Wildman–Crippen MR) is 122 cm³/mol. The van der Waals surface area contributed by atoms with E-state index in [9.17, 15) is 9.59 Å². The summed E-state index contributed by atoms with van der Waals surface area (Å²) < 4.78 is 5.57. The quantitative estimate of drug-likeness (QED) is 0.531. The third-order valence-electron chi connectivity index (χ3n) is 9.35. The molecule has 4 aliphatic rings. The van der Waals surface area contributed by atoms with Crippen molar-refractivity contribution in [2.45, 2.75) is 85.9 Å². The van der Waals surface area contributed by atoms with Crippen LogP contribution in [0.4, 0.5) is 0 Å². The molecule has 0 amide bonds. The topological polar surface area (TPSA) is 63.6 Å². The van der Waals surface area contributed by atoms with Crippen LogP contribution in [0.15, 0.2) is 0 Å². The number of hydrogen-bond donors (Lipinski definition) is 1. The fourth-order valence-corrected chi connectivity index (χ4v) is 8.25. The summed E-state index contributed by atoms with van der Waals surface area (Å²) in [6.45, 7) is 15.6. The SMILES string of the molecule is CC1C2CC(CC(=O)O)C(C2)C1C.CC1C2CC(CC(=O)O[Si](C)(C)C)C(C2)C1C. The first-order valence-corrected chi connectivity index (χ1v) is 15.7. The summed E-state index contributed by atoms with van der Waals surface area (Å²) in [5, 5.41) is 8.75. The van der Waals surface area contributed by atoms with E-state index in [1.54, 1.807) is 0 Å². The molecule has 30 heavy (non-hydrogen) atoms. The molecular formula is C25H44O4Si. The minimum absolute atomic E-state index is 0.0570. The maximum Gasteiger partial charge on any atom is 0.303 e. The van der Waals surface area contributed by atoms with Crippen LogP contribution < -0.4 is 0 Å². The van der Waals surface area contributed by atoms with E-state index in [1.165, 1.54) is 25.7 Å². The molecule has 5 heteroatoms. The van der Waals surface area contributed by atoms with Crippen molar-refractivity contribution < 1.29 is 19.1 Å². The Morgan fingerprint density at radius 1 is 0.767 bits per heavy atom. The van der Waals surface area contributed by atoms with Gasteiger partial charge in [-0.25, -0.2) is 0 Å². The lowest BCUT2D eigenvalue weighted by atomic mass is 9.74. The Hall–Kier alpha value is -0.843. The average Bonchev–Trinajstić information content (AvgIpc) is 3.32. The van der Waals surface area contributed by atoms with Gasteiger partial charge in [0.25, 0.3) is 5.97 Å². The Morgan fingerprint density at radius 2 is 1.20 bits per heavy atom. The number of carbonyl (C=O) groups excluding carboxylic acids is 1. The van der Waals surface area contributed by atoms with Gasteiger partial charge in [0.1, 0.15) is 0 Å². The van der Waals surface area contributed by atoms with Gasteiger partial charge in [0.05, 0.1) is 0 Å². The molecule has 0 aliphatic heterocycles. The van der Waals surface area contributed by atoms with Crippen LogP contribution in [0.3, 0.4) is 0 Å². The van der Waals surface area contributed by atoms with Gasteiger partial charge in [-0.3, -0.25) is 9.59 Å². The minimum atomic E-state index is -1.69. The van der Waals surface area contributed by atoms with Crippen LogP contribution in [0.5, 0.6) is 0 Å². The Labute approximate surface area is 184 Å². The van der Waals surface area contributed by atoms with E-state index in [2.05, 4.69) is 47.3 Å². The smallest absolute Gasteiger partial charge is 0.303 e. The summed E-state index contributed by atoms with van der Waals surface area (Å²) in [6, 6.07) is 0. The second-order valence-electron chi connectivity index (χ2n) is 12.1. The van der Waals surface area contributed by atoms with Gasteiger partial charge in [-0.1, -0.05) is 27.7 Å². The third kappa shape index (κ3) is 5.13. The molecule has 4 fully saturated rings. The minimum Gasteiger partial charge on any atom is -0.520 e. The van der Waals surface area contributed by atoms with Crippen molar-refractivity contribution in [2.24, 2.45) is 59.2 Å². The standard InChI is InChI=1S/C14H26O2Si.C11H18O2/c1-9-10(2)13-7-11(9)6-12(13)8-14(15)16-17(3,4)5;1-6-7(2)10-4-8(6)3-9(10)5-11(12)13/h9-13H,6-8H2,1-5H3;6-10H,3-5H2,1-2H3,(H,12,13). The molecule has 0 spiro atoms. The highest BCUT2D eigenvalue weighted by atomic mass is 28.4. The molecule has 4 saturated carbocycles. The lowest BCUT2D eigenvalue weighted by Crippen LogP contribution is -2.32. The second-order valence-corrected chi connectivity index (χ2v) is 16.6. The third-order valence-corrected chi connectivity index (χ3v) is 10.2. The predicted octanol–water partition coefficient (Wildman–Crippen LogP) is 6.07. The van der Waals surface area contributed by atoms with Gasteiger partial charge in [0, 0.05) is 12.8 Å². The molecule has 10 atom stereocenters. The van der Waals surface area contributed by atoms with E-state index in [0.717, 1.165) is 41.4 Å². The lowest BCUT2D eigenvalue weighted by molar-refractivity contribution is -0.139. The molecule has 1 N–H and O–H groups in total. The first-order valence-electron chi connectivity index (χ1n) is 12.3. The summed E-state index contributed by atoms with van der Waals surface area (Å²) in [7, 11) is -1.69. The molecule has 0 heterocycles. The number of carboxylic acid groups (broad SMARTS) is 1. The maximum atomic E-state index is 11.9. The zero-order valence-corrected chi connectivity index (χ0v) is 21.2. The first kappa shape index (κ1) is 23.8. The number of carbonyl (C=O) groups is 2. The summed E-state index contributed by atoms with van der Waals surface area (Å²) in [6.07, 6.45) is 6.15. The highest BCUT2D eigenvalue weighted by Crippen LogP contribution is 2.56. The number of hydrogen-bond acceptors (Lipinski definition) is 3. The van der Waals surface area contributed by atoms with E-state index in [1.807, 2.05) is 0 Å². The normalized spacial score (nSPS) is 44.0. The summed E-state index contributed by atoms with van der Waals surface area (Å²) in [5.74, 6) is 6.97. The lowest BCUT2D eigenvalue weighted by Gasteiger charge is -2.31. The Balaban J connectivity index is 0.000000177. The largest absolute Gasteiger partial charge is 0.520 e. The molecule has 0 aromatic heterocycles. The van der Waals surface area contributed by atoms with Crippen molar-refractivity contribution in [1.29, 1.82) is 0 Å². The zero-order chi connectivity index (χ0) is 22.4. The fourth-order valence-electron chi connectivity index (χ4n) is 7.48. The van der Waals surface area contributed by atoms with Crippen molar-refractivity contribution in [2.75, 3.05) is 0 Å². The summed E-state index contributed by atoms with van der Waals surface area (Å²) in [4.78, 5) is 22.5. The van der Waals surface area contributed by atoms with Gasteiger partial charge >= 0.3 is 5.97 Å². The monoisotopic (exact) mass is 436 g/mol. The van der Waals surface area contributed by atoms with Crippen molar-refractivity contribution >= 4 is 20.3 Å². The van der Waals surface area contributed by atoms with Crippen molar-refractivity contribution in [3.63, 3.8) is 0 Å². The number of rotatable bonds is 5. The van der Waals surface area contributed by atoms with Crippen LogP contribution in [-0.4, -0.2) is 25.4 Å². The summed E-state index contributed by atoms with van der Waals surface area (Å²) in [5.41, 5.74) is 0. The van der Waals surface area contributed by atoms with Crippen LogP contribution >= 0.6 is 0 Å². The van der Waals surface area contributed by atoms with Gasteiger partial charge in [0.15, 0.2) is 0 Å². The van der Waals surface area contributed by atoms with Crippen molar-refractivity contribution in [3.8, 4) is 0 Å². The highest BCUT2D eigenvalue weighted by Gasteiger charge is 2.50. The number of fused-ring (bicyclic) bond motifs is 4. The van der Waals surface area contributed by atoms with Crippen LogP contribution in [0, 0.1) is 59.2 Å². The molecule has 10 unspecified atom stereocenters. The van der Waals surface area contributed by atoms with Gasteiger partial charge in [-0.2, -0.15) is 0 Å². The van der Waals surface area contributed by atoms with Gasteiger partial charge in [-0.15, -0.1) is 0 Å². The van der Waals surface area contributed by atoms with Gasteiger partial charge < -0.3 is 9.53 Å². The van der Waals surface area contributed by atoms with Crippen molar-refractivity contribution in [1.82, 2.24) is 0 Å². The van der Waals surface area contributed by atoms with Crippen LogP contribution in [-0.2, 0) is 14.0 Å². The summed E-state index contributed by atoms with van der Waals surface area (Å²) >= 11 is 0. The molecule has 0 aromatic carbocycles. The zero-order valence-electron chi connectivity index (χ0n) is 20.2. The van der Waals surface area contributed by atoms with Gasteiger partial charge in [0.2, 0.25) is 8.32 Å². The van der Waals surface area contributed by atoms with E-state index in [0.29, 0.717) is 30.6 Å². The van der Waals surface area contributed by atoms with E-state index in [-0.39, 0.29) is 5.97 Å². The van der Waals surface area contributed by atoms with E-state index in [4.69, 9.17) is 9.53 Å². The Bertz CT molecular complexity index is 638. The highest BCUT2D eigenvalue weighted by molar-refractivity contribution is 6.71. The van der Waals surface area contributed by atoms with Crippen LogP contribution in [0.1, 0.15) is 66.2 Å². The van der Waals surface area contributed by atoms with Gasteiger partial charge in [-0.05, 0) is 105 Å². The molecule has 4 nitrogen and oxygen atoms in total. The molecule has 4 bridgehead atoms. The van der Waals surface area contributed by atoms with Crippen LogP contribution in [0.25, 0.3) is 0 Å². The molecule has 0 saturated heterocycles. The van der Waals surface area contributed by atoms with E-state index >= 15 is 0 Å². The molecular weight excluding hydrogens is 392 g/mol. The fraction of sp³-hybridized carbons (Fsp3) is 0.920. The van der Waals surface area contributed by atoms with Crippen molar-refractivity contribution in [3.05, 3.63) is 0 Å². The average molecular weight is 437 g/mol. The molecule has 172 valence electrons. The molecule has 0 radical (unpaired) electrons. The second kappa shape index (κ2) is 8.95. The first-order chi connectivity index (χ1) is 13.9.